The molecule has 4 nitrogen and oxygen atoms in total. The van der Waals surface area contributed by atoms with E-state index in [2.05, 4.69) is 0 Å². The van der Waals surface area contributed by atoms with Gasteiger partial charge in [-0.25, -0.2) is 8.42 Å². The van der Waals surface area contributed by atoms with Crippen LogP contribution in [0.25, 0.3) is 0 Å². The molecule has 0 fully saturated rings. The second-order valence-electron chi connectivity index (χ2n) is 4.40. The normalized spacial score (nSPS) is 11.5. The number of phenols is 2. The maximum Gasteiger partial charge on any atom is 0.210 e. The topological polar surface area (TPSA) is 74.6 Å². The van der Waals surface area contributed by atoms with Crippen LogP contribution in [-0.4, -0.2) is 18.6 Å². The molecule has 0 aliphatic carbocycles. The largest absolute Gasteiger partial charge is 0.508 e. The minimum absolute atomic E-state index is 0.0109. The van der Waals surface area contributed by atoms with E-state index in [9.17, 15) is 18.6 Å². The zero-order valence-corrected chi connectivity index (χ0v) is 11.4. The van der Waals surface area contributed by atoms with Crippen LogP contribution in [0.5, 0.6) is 11.5 Å². The van der Waals surface area contributed by atoms with Gasteiger partial charge in [0.25, 0.3) is 0 Å². The molecule has 0 amide bonds. The number of rotatable bonds is 2. The molecular weight excluding hydrogens is 264 g/mol. The fourth-order valence-corrected chi connectivity index (χ4v) is 3.16. The van der Waals surface area contributed by atoms with Gasteiger partial charge < -0.3 is 10.2 Å². The predicted molar refractivity (Wildman–Crippen MR) is 71.1 cm³/mol. The Morgan fingerprint density at radius 2 is 1.42 bits per heavy atom. The second-order valence-corrected chi connectivity index (χ2v) is 6.32. The molecule has 0 aliphatic heterocycles. The lowest BCUT2D eigenvalue weighted by atomic mass is 10.1. The molecule has 0 saturated carbocycles. The van der Waals surface area contributed by atoms with Crippen LogP contribution in [0.4, 0.5) is 0 Å². The van der Waals surface area contributed by atoms with Gasteiger partial charge in [0.15, 0.2) is 0 Å². The number of benzene rings is 2. The number of hydrogen-bond donors (Lipinski definition) is 2. The van der Waals surface area contributed by atoms with E-state index in [1.54, 1.807) is 13.8 Å². The first-order valence-corrected chi connectivity index (χ1v) is 7.15. The van der Waals surface area contributed by atoms with Crippen molar-refractivity contribution in [3.63, 3.8) is 0 Å². The van der Waals surface area contributed by atoms with Gasteiger partial charge in [-0.3, -0.25) is 0 Å². The summed E-state index contributed by atoms with van der Waals surface area (Å²) in [6.07, 6.45) is 0. The van der Waals surface area contributed by atoms with Crippen LogP contribution >= 0.6 is 0 Å². The maximum atomic E-state index is 12.4. The van der Waals surface area contributed by atoms with E-state index in [1.807, 2.05) is 0 Å². The molecule has 2 N–H and O–H groups in total. The number of sulfone groups is 1. The van der Waals surface area contributed by atoms with Crippen LogP contribution < -0.4 is 0 Å². The van der Waals surface area contributed by atoms with Crippen molar-refractivity contribution in [3.05, 3.63) is 47.5 Å². The summed E-state index contributed by atoms with van der Waals surface area (Å²) in [5.74, 6) is -0.278. The highest BCUT2D eigenvalue weighted by Gasteiger charge is 2.22. The van der Waals surface area contributed by atoms with Crippen molar-refractivity contribution in [2.45, 2.75) is 23.6 Å². The van der Waals surface area contributed by atoms with E-state index in [0.29, 0.717) is 0 Å². The average molecular weight is 278 g/mol. The third-order valence-corrected chi connectivity index (χ3v) is 4.81. The molecule has 0 saturated heterocycles. The van der Waals surface area contributed by atoms with Crippen LogP contribution in [0, 0.1) is 13.8 Å². The lowest BCUT2D eigenvalue weighted by Gasteiger charge is -2.09. The van der Waals surface area contributed by atoms with Crippen LogP contribution in [-0.2, 0) is 9.84 Å². The summed E-state index contributed by atoms with van der Waals surface area (Å²) in [5.41, 5.74) is 1.61. The van der Waals surface area contributed by atoms with Gasteiger partial charge in [0.1, 0.15) is 16.4 Å². The Kier molecular flexibility index (Phi) is 3.24. The third-order valence-electron chi connectivity index (χ3n) is 3.01. The summed E-state index contributed by atoms with van der Waals surface area (Å²) in [4.78, 5) is -0.0925. The molecule has 0 heterocycles. The van der Waals surface area contributed by atoms with Gasteiger partial charge in [0, 0.05) is 0 Å². The maximum absolute atomic E-state index is 12.4. The molecule has 0 spiro atoms. The van der Waals surface area contributed by atoms with E-state index in [1.165, 1.54) is 36.4 Å². The van der Waals surface area contributed by atoms with Crippen molar-refractivity contribution >= 4 is 9.84 Å². The molecule has 0 aromatic heterocycles. The molecule has 2 aromatic rings. The fraction of sp³-hybridized carbons (Fsp3) is 0.143. The van der Waals surface area contributed by atoms with Crippen molar-refractivity contribution in [2.75, 3.05) is 0 Å². The summed E-state index contributed by atoms with van der Waals surface area (Å²) in [7, 11) is -3.79. The van der Waals surface area contributed by atoms with E-state index in [-0.39, 0.29) is 21.3 Å². The second kappa shape index (κ2) is 4.59. The molecule has 2 aromatic carbocycles. The Bertz CT molecular complexity index is 716. The first-order chi connectivity index (χ1) is 8.82. The molecule has 19 heavy (non-hydrogen) atoms. The Morgan fingerprint density at radius 1 is 0.895 bits per heavy atom. The zero-order valence-electron chi connectivity index (χ0n) is 10.6. The predicted octanol–water partition coefficient (Wildman–Crippen LogP) is 2.55. The number of hydrogen-bond acceptors (Lipinski definition) is 4. The SMILES string of the molecule is Cc1cc(O)c(S(=O)(=O)c2ccc(O)cc2)cc1C. The first-order valence-electron chi connectivity index (χ1n) is 5.66. The molecule has 0 bridgehead atoms. The van der Waals surface area contributed by atoms with Crippen LogP contribution in [0.3, 0.4) is 0 Å². The number of aryl methyl sites for hydroxylation is 2. The van der Waals surface area contributed by atoms with E-state index in [0.717, 1.165) is 11.1 Å². The first kappa shape index (κ1) is 13.4. The quantitative estimate of drug-likeness (QED) is 0.885. The fourth-order valence-electron chi connectivity index (χ4n) is 1.74. The molecule has 0 aliphatic rings. The highest BCUT2D eigenvalue weighted by molar-refractivity contribution is 7.91. The Balaban J connectivity index is 2.63. The van der Waals surface area contributed by atoms with Crippen molar-refractivity contribution in [3.8, 4) is 11.5 Å². The minimum Gasteiger partial charge on any atom is -0.508 e. The van der Waals surface area contributed by atoms with Crippen LogP contribution in [0.2, 0.25) is 0 Å². The van der Waals surface area contributed by atoms with Gasteiger partial charge in [0.2, 0.25) is 9.84 Å². The Hall–Kier alpha value is -2.01. The number of phenolic OH excluding ortho intramolecular Hbond substituents is 2. The molecule has 0 atom stereocenters. The minimum atomic E-state index is -3.79. The molecule has 100 valence electrons. The standard InChI is InChI=1S/C14H14O4S/c1-9-7-13(16)14(8-10(9)2)19(17,18)12-5-3-11(15)4-6-12/h3-8,15-16H,1-2H3. The zero-order chi connectivity index (χ0) is 14.2. The molecular formula is C14H14O4S. The lowest BCUT2D eigenvalue weighted by molar-refractivity contribution is 0.458. The summed E-state index contributed by atoms with van der Waals surface area (Å²) in [6, 6.07) is 8.09. The number of aromatic hydroxyl groups is 2. The van der Waals surface area contributed by atoms with E-state index in [4.69, 9.17) is 0 Å². The summed E-state index contributed by atoms with van der Waals surface area (Å²) < 4.78 is 24.8. The average Bonchev–Trinajstić information content (AvgIpc) is 2.34. The van der Waals surface area contributed by atoms with Crippen molar-refractivity contribution in [1.29, 1.82) is 0 Å². The molecule has 5 heteroatoms. The van der Waals surface area contributed by atoms with E-state index >= 15 is 0 Å². The Labute approximate surface area is 111 Å². The smallest absolute Gasteiger partial charge is 0.210 e. The van der Waals surface area contributed by atoms with Gasteiger partial charge >= 0.3 is 0 Å². The monoisotopic (exact) mass is 278 g/mol. The van der Waals surface area contributed by atoms with Gasteiger partial charge in [-0.2, -0.15) is 0 Å². The highest BCUT2D eigenvalue weighted by Crippen LogP contribution is 2.31. The molecule has 0 unspecified atom stereocenters. The van der Waals surface area contributed by atoms with Crippen molar-refractivity contribution in [2.24, 2.45) is 0 Å². The van der Waals surface area contributed by atoms with Gasteiger partial charge in [-0.1, -0.05) is 0 Å². The molecule has 2 rings (SSSR count). The highest BCUT2D eigenvalue weighted by atomic mass is 32.2. The summed E-state index contributed by atoms with van der Waals surface area (Å²) in [6.45, 7) is 3.58. The summed E-state index contributed by atoms with van der Waals surface area (Å²) >= 11 is 0. The van der Waals surface area contributed by atoms with Crippen LogP contribution in [0.1, 0.15) is 11.1 Å². The van der Waals surface area contributed by atoms with Gasteiger partial charge in [-0.05, 0) is 61.4 Å². The third kappa shape index (κ3) is 2.42. The van der Waals surface area contributed by atoms with Crippen molar-refractivity contribution in [1.82, 2.24) is 0 Å². The van der Waals surface area contributed by atoms with E-state index < -0.39 is 9.84 Å². The lowest BCUT2D eigenvalue weighted by Crippen LogP contribution is -2.03. The van der Waals surface area contributed by atoms with Gasteiger partial charge in [-0.15, -0.1) is 0 Å². The summed E-state index contributed by atoms with van der Waals surface area (Å²) in [5, 5.41) is 19.0. The van der Waals surface area contributed by atoms with Crippen LogP contribution in [0.15, 0.2) is 46.2 Å². The van der Waals surface area contributed by atoms with Crippen molar-refractivity contribution < 1.29 is 18.6 Å². The Morgan fingerprint density at radius 3 is 2.00 bits per heavy atom. The van der Waals surface area contributed by atoms with Gasteiger partial charge in [0.05, 0.1) is 4.90 Å². The molecule has 0 radical (unpaired) electrons.